The highest BCUT2D eigenvalue weighted by Crippen LogP contribution is 2.38. The van der Waals surface area contributed by atoms with E-state index in [2.05, 4.69) is 10.3 Å². The Morgan fingerprint density at radius 2 is 1.79 bits per heavy atom. The number of carbonyl (C=O) groups excluding carboxylic acids is 1. The van der Waals surface area contributed by atoms with Crippen molar-refractivity contribution in [3.8, 4) is 11.5 Å². The molecule has 29 heavy (non-hydrogen) atoms. The second kappa shape index (κ2) is 8.16. The van der Waals surface area contributed by atoms with Crippen LogP contribution in [0.15, 0.2) is 42.5 Å². The number of benzene rings is 2. The van der Waals surface area contributed by atoms with Gasteiger partial charge in [-0.3, -0.25) is 0 Å². The molecule has 0 bridgehead atoms. The monoisotopic (exact) mass is 412 g/mol. The van der Waals surface area contributed by atoms with E-state index in [1.807, 2.05) is 56.3 Å². The maximum absolute atomic E-state index is 12.9. The lowest BCUT2D eigenvalue weighted by Crippen LogP contribution is -2.39. The highest BCUT2D eigenvalue weighted by Gasteiger charge is 2.39. The Balaban J connectivity index is 1.71. The zero-order valence-electron chi connectivity index (χ0n) is 16.7. The van der Waals surface area contributed by atoms with Gasteiger partial charge in [-0.25, -0.2) is 14.7 Å². The van der Waals surface area contributed by atoms with Crippen LogP contribution in [0.5, 0.6) is 11.5 Å². The standard InChI is InChI=1S/C21H24N4O3S/c1-4-27-15-10-8-11-16(28-5-2)19(15)23-18-13-24(3)21(26)25(18)20-22-14-9-6-7-12-17(14)29-20/h6-12,18,23H,4-5,13H2,1-3H3. The van der Waals surface area contributed by atoms with Crippen molar-refractivity contribution in [2.75, 3.05) is 37.0 Å². The first-order valence-corrected chi connectivity index (χ1v) is 10.5. The van der Waals surface area contributed by atoms with Crippen molar-refractivity contribution >= 4 is 38.4 Å². The van der Waals surface area contributed by atoms with Crippen LogP contribution in [0, 0.1) is 0 Å². The van der Waals surface area contributed by atoms with Gasteiger partial charge in [-0.15, -0.1) is 0 Å². The molecule has 1 aliphatic heterocycles. The van der Waals surface area contributed by atoms with Crippen LogP contribution in [-0.4, -0.2) is 48.9 Å². The van der Waals surface area contributed by atoms with E-state index in [1.165, 1.54) is 11.3 Å². The largest absolute Gasteiger partial charge is 0.492 e. The first-order valence-electron chi connectivity index (χ1n) is 9.67. The summed E-state index contributed by atoms with van der Waals surface area (Å²) >= 11 is 1.51. The molecule has 0 saturated carbocycles. The summed E-state index contributed by atoms with van der Waals surface area (Å²) in [4.78, 5) is 21.0. The highest BCUT2D eigenvalue weighted by atomic mass is 32.1. The predicted octanol–water partition coefficient (Wildman–Crippen LogP) is 4.40. The van der Waals surface area contributed by atoms with Gasteiger partial charge in [0.25, 0.3) is 0 Å². The molecule has 2 heterocycles. The topological polar surface area (TPSA) is 66.9 Å². The molecule has 4 rings (SSSR count). The number of nitrogens with zero attached hydrogens (tertiary/aromatic N) is 3. The number of fused-ring (bicyclic) bond motifs is 1. The van der Waals surface area contributed by atoms with Gasteiger partial charge in [-0.2, -0.15) is 0 Å². The number of urea groups is 1. The minimum absolute atomic E-state index is 0.0894. The van der Waals surface area contributed by atoms with Crippen molar-refractivity contribution in [3.63, 3.8) is 0 Å². The molecule has 1 fully saturated rings. The van der Waals surface area contributed by atoms with Crippen LogP contribution in [0.1, 0.15) is 13.8 Å². The van der Waals surface area contributed by atoms with E-state index in [1.54, 1.807) is 16.8 Å². The summed E-state index contributed by atoms with van der Waals surface area (Å²) in [6, 6.07) is 13.5. The minimum atomic E-state index is -0.297. The summed E-state index contributed by atoms with van der Waals surface area (Å²) in [6.45, 7) is 5.47. The quantitative estimate of drug-likeness (QED) is 0.623. The van der Waals surface area contributed by atoms with Crippen molar-refractivity contribution in [3.05, 3.63) is 42.5 Å². The lowest BCUT2D eigenvalue weighted by molar-refractivity contribution is 0.229. The Kier molecular flexibility index (Phi) is 5.44. The molecular formula is C21H24N4O3S. The average Bonchev–Trinajstić information content (AvgIpc) is 3.25. The fourth-order valence-corrected chi connectivity index (χ4v) is 4.41. The first-order chi connectivity index (χ1) is 14.1. The number of carbonyl (C=O) groups is 1. The normalized spacial score (nSPS) is 16.5. The number of nitrogens with one attached hydrogen (secondary N) is 1. The van der Waals surface area contributed by atoms with Gasteiger partial charge in [0.2, 0.25) is 0 Å². The van der Waals surface area contributed by atoms with Gasteiger partial charge in [0, 0.05) is 7.05 Å². The van der Waals surface area contributed by atoms with E-state index in [9.17, 15) is 4.79 Å². The molecule has 1 N–H and O–H groups in total. The average molecular weight is 413 g/mol. The Bertz CT molecular complexity index is 965. The molecule has 0 radical (unpaired) electrons. The van der Waals surface area contributed by atoms with Crippen LogP contribution in [0.4, 0.5) is 15.6 Å². The zero-order valence-corrected chi connectivity index (χ0v) is 17.5. The number of hydrogen-bond donors (Lipinski definition) is 1. The summed E-state index contributed by atoms with van der Waals surface area (Å²) in [5.74, 6) is 1.40. The number of hydrogen-bond acceptors (Lipinski definition) is 6. The van der Waals surface area contributed by atoms with Gasteiger partial charge < -0.3 is 19.7 Å². The number of ether oxygens (including phenoxy) is 2. The van der Waals surface area contributed by atoms with Crippen molar-refractivity contribution in [1.82, 2.24) is 9.88 Å². The molecule has 1 atom stereocenters. The summed E-state index contributed by atoms with van der Waals surface area (Å²) in [5, 5.41) is 4.15. The van der Waals surface area contributed by atoms with Gasteiger partial charge in [-0.05, 0) is 38.1 Å². The second-order valence-corrected chi connectivity index (χ2v) is 7.66. The van der Waals surface area contributed by atoms with Crippen molar-refractivity contribution in [2.24, 2.45) is 0 Å². The Morgan fingerprint density at radius 1 is 1.10 bits per heavy atom. The number of aromatic nitrogens is 1. The molecule has 2 amide bonds. The first kappa shape index (κ1) is 19.3. The van der Waals surface area contributed by atoms with Gasteiger partial charge in [0.1, 0.15) is 23.4 Å². The molecule has 2 aromatic carbocycles. The van der Waals surface area contributed by atoms with Crippen molar-refractivity contribution in [1.29, 1.82) is 0 Å². The van der Waals surface area contributed by atoms with E-state index in [-0.39, 0.29) is 12.2 Å². The van der Waals surface area contributed by atoms with Gasteiger partial charge in [0.05, 0.1) is 30.0 Å². The smallest absolute Gasteiger partial charge is 0.327 e. The second-order valence-electron chi connectivity index (χ2n) is 6.65. The number of para-hydroxylation sites is 2. The Hall–Kier alpha value is -3.00. The van der Waals surface area contributed by atoms with Crippen molar-refractivity contribution < 1.29 is 14.3 Å². The van der Waals surface area contributed by atoms with Crippen LogP contribution in [0.25, 0.3) is 10.2 Å². The lowest BCUT2D eigenvalue weighted by atomic mass is 10.2. The summed E-state index contributed by atoms with van der Waals surface area (Å²) in [5.41, 5.74) is 1.63. The number of anilines is 2. The minimum Gasteiger partial charge on any atom is -0.492 e. The molecule has 152 valence electrons. The molecule has 7 nitrogen and oxygen atoms in total. The molecule has 1 aliphatic rings. The number of amides is 2. The SMILES string of the molecule is CCOc1cccc(OCC)c1NC1CN(C)C(=O)N1c1nc2ccccc2s1. The van der Waals surface area contributed by atoms with Crippen LogP contribution in [0.3, 0.4) is 0 Å². The molecule has 1 aromatic heterocycles. The van der Waals surface area contributed by atoms with Crippen LogP contribution in [-0.2, 0) is 0 Å². The third-order valence-electron chi connectivity index (χ3n) is 4.68. The third-order valence-corrected chi connectivity index (χ3v) is 5.71. The van der Waals surface area contributed by atoms with Crippen LogP contribution < -0.4 is 19.7 Å². The lowest BCUT2D eigenvalue weighted by Gasteiger charge is -2.25. The predicted molar refractivity (Wildman–Crippen MR) is 116 cm³/mol. The summed E-state index contributed by atoms with van der Waals surface area (Å²) in [6.07, 6.45) is -0.297. The van der Waals surface area contributed by atoms with Crippen LogP contribution >= 0.6 is 11.3 Å². The van der Waals surface area contributed by atoms with Gasteiger partial charge in [-0.1, -0.05) is 29.5 Å². The van der Waals surface area contributed by atoms with Gasteiger partial charge in [0.15, 0.2) is 5.13 Å². The van der Waals surface area contributed by atoms with Crippen LogP contribution in [0.2, 0.25) is 0 Å². The van der Waals surface area contributed by atoms with E-state index >= 15 is 0 Å². The van der Waals surface area contributed by atoms with E-state index in [0.29, 0.717) is 36.4 Å². The van der Waals surface area contributed by atoms with Gasteiger partial charge >= 0.3 is 6.03 Å². The summed E-state index contributed by atoms with van der Waals surface area (Å²) < 4.78 is 12.7. The molecule has 3 aromatic rings. The Morgan fingerprint density at radius 3 is 2.45 bits per heavy atom. The van der Waals surface area contributed by atoms with E-state index < -0.39 is 0 Å². The molecule has 0 spiro atoms. The molecule has 0 aliphatic carbocycles. The zero-order chi connectivity index (χ0) is 20.4. The fraction of sp³-hybridized carbons (Fsp3) is 0.333. The number of rotatable bonds is 7. The maximum atomic E-state index is 12.9. The number of thiazole rings is 1. The summed E-state index contributed by atoms with van der Waals surface area (Å²) in [7, 11) is 1.79. The molecule has 1 unspecified atom stereocenters. The van der Waals surface area contributed by atoms with E-state index in [4.69, 9.17) is 9.47 Å². The molecule has 1 saturated heterocycles. The Labute approximate surface area is 173 Å². The highest BCUT2D eigenvalue weighted by molar-refractivity contribution is 7.22. The molecular weight excluding hydrogens is 388 g/mol. The van der Waals surface area contributed by atoms with Crippen molar-refractivity contribution in [2.45, 2.75) is 20.0 Å². The third kappa shape index (κ3) is 3.67. The maximum Gasteiger partial charge on any atom is 0.327 e. The molecule has 8 heteroatoms. The fourth-order valence-electron chi connectivity index (χ4n) is 3.40. The number of likely N-dealkylation sites (N-methyl/N-ethyl adjacent to an activating group) is 1. The van der Waals surface area contributed by atoms with E-state index in [0.717, 1.165) is 15.9 Å².